The van der Waals surface area contributed by atoms with Crippen LogP contribution in [0.25, 0.3) is 16.8 Å². The molecule has 0 heterocycles. The fourth-order valence-electron chi connectivity index (χ4n) is 2.35. The molecule has 1 heteroatoms. The van der Waals surface area contributed by atoms with Crippen LogP contribution in [0, 0.1) is 5.82 Å². The molecule has 15 heavy (non-hydrogen) atoms. The first-order valence-electron chi connectivity index (χ1n) is 5.13. The molecule has 0 aliphatic heterocycles. The van der Waals surface area contributed by atoms with Crippen molar-refractivity contribution in [2.75, 3.05) is 0 Å². The molecule has 0 aromatic heterocycles. The van der Waals surface area contributed by atoms with Gasteiger partial charge in [0.15, 0.2) is 0 Å². The molecule has 0 amide bonds. The van der Waals surface area contributed by atoms with E-state index >= 15 is 0 Å². The Morgan fingerprint density at radius 1 is 1.13 bits per heavy atom. The van der Waals surface area contributed by atoms with Gasteiger partial charge in [0, 0.05) is 5.56 Å². The number of rotatable bonds is 0. The van der Waals surface area contributed by atoms with E-state index in [9.17, 15) is 4.39 Å². The van der Waals surface area contributed by atoms with Gasteiger partial charge in [0.2, 0.25) is 0 Å². The standard InChI is InChI=1S/C14H11F/c1-9-7-11-4-2-3-10-5-6-13(15)12(8-9)14(10)11/h2-6,8H,7H2,1H3. The highest BCUT2D eigenvalue weighted by atomic mass is 19.1. The van der Waals surface area contributed by atoms with Crippen LogP contribution in [-0.4, -0.2) is 0 Å². The molecule has 0 radical (unpaired) electrons. The van der Waals surface area contributed by atoms with Crippen molar-refractivity contribution in [2.45, 2.75) is 13.3 Å². The summed E-state index contributed by atoms with van der Waals surface area (Å²) in [7, 11) is 0. The molecule has 74 valence electrons. The van der Waals surface area contributed by atoms with Gasteiger partial charge in [-0.25, -0.2) is 4.39 Å². The van der Waals surface area contributed by atoms with E-state index in [4.69, 9.17) is 0 Å². The van der Waals surface area contributed by atoms with Crippen LogP contribution in [0.4, 0.5) is 4.39 Å². The van der Waals surface area contributed by atoms with E-state index in [0.29, 0.717) is 0 Å². The second-order valence-electron chi connectivity index (χ2n) is 4.14. The minimum Gasteiger partial charge on any atom is -0.206 e. The summed E-state index contributed by atoms with van der Waals surface area (Å²) in [6.45, 7) is 2.05. The average Bonchev–Trinajstić information content (AvgIpc) is 2.23. The zero-order chi connectivity index (χ0) is 10.4. The maximum Gasteiger partial charge on any atom is 0.131 e. The van der Waals surface area contributed by atoms with Crippen molar-refractivity contribution < 1.29 is 4.39 Å². The lowest BCUT2D eigenvalue weighted by molar-refractivity contribution is 0.626. The molecule has 0 nitrogen and oxygen atoms in total. The topological polar surface area (TPSA) is 0 Å². The lowest BCUT2D eigenvalue weighted by Crippen LogP contribution is -1.98. The third-order valence-corrected chi connectivity index (χ3v) is 2.98. The molecule has 2 aromatic rings. The summed E-state index contributed by atoms with van der Waals surface area (Å²) in [5.74, 6) is -0.117. The van der Waals surface area contributed by atoms with Crippen molar-refractivity contribution in [2.24, 2.45) is 0 Å². The molecule has 1 aliphatic carbocycles. The average molecular weight is 198 g/mol. The zero-order valence-corrected chi connectivity index (χ0v) is 8.55. The first-order chi connectivity index (χ1) is 7.25. The van der Waals surface area contributed by atoms with Crippen LogP contribution in [0.5, 0.6) is 0 Å². The molecule has 2 aromatic carbocycles. The van der Waals surface area contributed by atoms with E-state index in [1.165, 1.54) is 11.1 Å². The van der Waals surface area contributed by atoms with E-state index in [0.717, 1.165) is 22.8 Å². The Bertz CT molecular complexity index is 579. The maximum absolute atomic E-state index is 13.7. The molecular weight excluding hydrogens is 187 g/mol. The molecule has 3 rings (SSSR count). The Morgan fingerprint density at radius 3 is 2.87 bits per heavy atom. The van der Waals surface area contributed by atoms with E-state index in [2.05, 4.69) is 6.07 Å². The van der Waals surface area contributed by atoms with Crippen LogP contribution >= 0.6 is 0 Å². The summed E-state index contributed by atoms with van der Waals surface area (Å²) in [6.07, 6.45) is 2.90. The van der Waals surface area contributed by atoms with Gasteiger partial charge in [-0.05, 0) is 35.7 Å². The Hall–Kier alpha value is -1.63. The predicted octanol–water partition coefficient (Wildman–Crippen LogP) is 3.94. The Labute approximate surface area is 88.0 Å². The van der Waals surface area contributed by atoms with Crippen LogP contribution in [0.1, 0.15) is 18.1 Å². The Kier molecular flexibility index (Phi) is 1.69. The van der Waals surface area contributed by atoms with Crippen LogP contribution in [0.3, 0.4) is 0 Å². The lowest BCUT2D eigenvalue weighted by Gasteiger charge is -2.16. The van der Waals surface area contributed by atoms with Gasteiger partial charge in [-0.2, -0.15) is 0 Å². The molecule has 0 bridgehead atoms. The highest BCUT2D eigenvalue weighted by molar-refractivity contribution is 5.95. The Morgan fingerprint density at radius 2 is 2.00 bits per heavy atom. The van der Waals surface area contributed by atoms with Crippen LogP contribution in [-0.2, 0) is 6.42 Å². The number of hydrogen-bond acceptors (Lipinski definition) is 0. The largest absolute Gasteiger partial charge is 0.206 e. The van der Waals surface area contributed by atoms with Gasteiger partial charge in [0.1, 0.15) is 5.82 Å². The summed E-state index contributed by atoms with van der Waals surface area (Å²) < 4.78 is 13.7. The summed E-state index contributed by atoms with van der Waals surface area (Å²) in [5.41, 5.74) is 3.22. The zero-order valence-electron chi connectivity index (χ0n) is 8.55. The second-order valence-corrected chi connectivity index (χ2v) is 4.14. The third kappa shape index (κ3) is 1.19. The number of hydrogen-bond donors (Lipinski definition) is 0. The summed E-state index contributed by atoms with van der Waals surface area (Å²) >= 11 is 0. The highest BCUT2D eigenvalue weighted by Crippen LogP contribution is 2.32. The van der Waals surface area contributed by atoms with E-state index in [-0.39, 0.29) is 5.82 Å². The first kappa shape index (κ1) is 8.66. The molecule has 1 aliphatic rings. The quantitative estimate of drug-likeness (QED) is 0.601. The van der Waals surface area contributed by atoms with Crippen molar-refractivity contribution in [3.05, 3.63) is 52.8 Å². The summed E-state index contributed by atoms with van der Waals surface area (Å²) in [6, 6.07) is 9.57. The second kappa shape index (κ2) is 2.93. The van der Waals surface area contributed by atoms with Gasteiger partial charge in [0.05, 0.1) is 0 Å². The van der Waals surface area contributed by atoms with Crippen LogP contribution in [0.15, 0.2) is 35.9 Å². The van der Waals surface area contributed by atoms with Crippen molar-refractivity contribution in [3.63, 3.8) is 0 Å². The molecule has 0 saturated heterocycles. The van der Waals surface area contributed by atoms with E-state index in [1.807, 2.05) is 31.2 Å². The third-order valence-electron chi connectivity index (χ3n) is 2.98. The molecule has 0 fully saturated rings. The fourth-order valence-corrected chi connectivity index (χ4v) is 2.35. The monoisotopic (exact) mass is 198 g/mol. The first-order valence-corrected chi connectivity index (χ1v) is 5.13. The van der Waals surface area contributed by atoms with Gasteiger partial charge in [0.25, 0.3) is 0 Å². The van der Waals surface area contributed by atoms with Gasteiger partial charge < -0.3 is 0 Å². The van der Waals surface area contributed by atoms with Gasteiger partial charge in [-0.15, -0.1) is 0 Å². The number of allylic oxidation sites excluding steroid dienone is 1. The van der Waals surface area contributed by atoms with Crippen molar-refractivity contribution in [3.8, 4) is 0 Å². The number of halogens is 1. The lowest BCUT2D eigenvalue weighted by atomic mass is 9.89. The summed E-state index contributed by atoms with van der Waals surface area (Å²) in [5, 5.41) is 2.22. The highest BCUT2D eigenvalue weighted by Gasteiger charge is 2.14. The SMILES string of the molecule is CC1=Cc2c(F)ccc3cccc(c23)C1. The molecule has 0 atom stereocenters. The van der Waals surface area contributed by atoms with Crippen LogP contribution < -0.4 is 0 Å². The van der Waals surface area contributed by atoms with Gasteiger partial charge in [-0.1, -0.05) is 35.9 Å². The van der Waals surface area contributed by atoms with E-state index in [1.54, 1.807) is 6.07 Å². The number of benzene rings is 2. The molecule has 0 N–H and O–H groups in total. The van der Waals surface area contributed by atoms with Crippen LogP contribution in [0.2, 0.25) is 0 Å². The van der Waals surface area contributed by atoms with Crippen molar-refractivity contribution in [1.29, 1.82) is 0 Å². The minimum atomic E-state index is -0.117. The normalized spacial score (nSPS) is 14.1. The van der Waals surface area contributed by atoms with Gasteiger partial charge >= 0.3 is 0 Å². The Balaban J connectivity index is 2.52. The minimum absolute atomic E-state index is 0.117. The molecular formula is C14H11F. The maximum atomic E-state index is 13.7. The van der Waals surface area contributed by atoms with Crippen molar-refractivity contribution in [1.82, 2.24) is 0 Å². The fraction of sp³-hybridized carbons (Fsp3) is 0.143. The predicted molar refractivity (Wildman–Crippen MR) is 61.3 cm³/mol. The van der Waals surface area contributed by atoms with Gasteiger partial charge in [-0.3, -0.25) is 0 Å². The summed E-state index contributed by atoms with van der Waals surface area (Å²) in [4.78, 5) is 0. The molecule has 0 unspecified atom stereocenters. The smallest absolute Gasteiger partial charge is 0.131 e. The molecule has 0 saturated carbocycles. The van der Waals surface area contributed by atoms with Crippen molar-refractivity contribution >= 4 is 16.8 Å². The molecule has 0 spiro atoms. The van der Waals surface area contributed by atoms with E-state index < -0.39 is 0 Å².